The van der Waals surface area contributed by atoms with Crippen LogP contribution >= 0.6 is 22.6 Å². The predicted octanol–water partition coefficient (Wildman–Crippen LogP) is 2.07. The van der Waals surface area contributed by atoms with Crippen LogP contribution in [0.1, 0.15) is 15.9 Å². The Morgan fingerprint density at radius 3 is 2.67 bits per heavy atom. The van der Waals surface area contributed by atoms with Gasteiger partial charge in [-0.05, 0) is 52.4 Å². The molecule has 1 aliphatic heterocycles. The zero-order chi connectivity index (χ0) is 16.9. The minimum atomic E-state index is -0.266. The van der Waals surface area contributed by atoms with Crippen molar-refractivity contribution in [1.82, 2.24) is 10.6 Å². The number of fused-ring (bicyclic) bond motifs is 1. The zero-order valence-electron chi connectivity index (χ0n) is 12.7. The Labute approximate surface area is 152 Å². The normalized spacial score (nSPS) is 11.9. The van der Waals surface area contributed by atoms with Gasteiger partial charge in [-0.1, -0.05) is 18.2 Å². The third-order valence-electron chi connectivity index (χ3n) is 3.45. The SMILES string of the molecule is O=C(CNC(=O)c1ccccc1I)NCc1ccc2c(c1)OCO2. The van der Waals surface area contributed by atoms with E-state index in [0.717, 1.165) is 9.13 Å². The molecule has 3 rings (SSSR count). The van der Waals surface area contributed by atoms with E-state index in [9.17, 15) is 9.59 Å². The van der Waals surface area contributed by atoms with Crippen molar-refractivity contribution in [3.05, 3.63) is 57.2 Å². The van der Waals surface area contributed by atoms with E-state index < -0.39 is 0 Å². The quantitative estimate of drug-likeness (QED) is 0.702. The monoisotopic (exact) mass is 438 g/mol. The zero-order valence-corrected chi connectivity index (χ0v) is 14.8. The first-order valence-corrected chi connectivity index (χ1v) is 8.39. The molecule has 24 heavy (non-hydrogen) atoms. The Kier molecular flexibility index (Phi) is 5.19. The lowest BCUT2D eigenvalue weighted by atomic mass is 10.2. The number of carbonyl (C=O) groups excluding carboxylic acids is 2. The maximum atomic E-state index is 12.0. The van der Waals surface area contributed by atoms with E-state index in [2.05, 4.69) is 33.2 Å². The number of halogens is 1. The Morgan fingerprint density at radius 1 is 1.04 bits per heavy atom. The maximum absolute atomic E-state index is 12.0. The van der Waals surface area contributed by atoms with E-state index in [4.69, 9.17) is 9.47 Å². The van der Waals surface area contributed by atoms with Crippen LogP contribution in [-0.4, -0.2) is 25.2 Å². The average Bonchev–Trinajstić information content (AvgIpc) is 3.06. The maximum Gasteiger partial charge on any atom is 0.252 e. The molecule has 2 aromatic rings. The van der Waals surface area contributed by atoms with Gasteiger partial charge in [0.05, 0.1) is 12.1 Å². The van der Waals surface area contributed by atoms with Crippen molar-refractivity contribution in [2.24, 2.45) is 0 Å². The number of nitrogens with one attached hydrogen (secondary N) is 2. The van der Waals surface area contributed by atoms with Crippen molar-refractivity contribution in [2.45, 2.75) is 6.54 Å². The standard InChI is InChI=1S/C17H15IN2O4/c18-13-4-2-1-3-12(13)17(22)20-9-16(21)19-8-11-5-6-14-15(7-11)24-10-23-14/h1-7H,8-10H2,(H,19,21)(H,20,22). The molecule has 1 aliphatic rings. The highest BCUT2D eigenvalue weighted by Gasteiger charge is 2.14. The summed E-state index contributed by atoms with van der Waals surface area (Å²) in [7, 11) is 0. The van der Waals surface area contributed by atoms with Crippen LogP contribution in [0.25, 0.3) is 0 Å². The molecule has 0 aliphatic carbocycles. The first-order valence-electron chi connectivity index (χ1n) is 7.31. The highest BCUT2D eigenvalue weighted by Crippen LogP contribution is 2.32. The van der Waals surface area contributed by atoms with E-state index in [0.29, 0.717) is 23.6 Å². The van der Waals surface area contributed by atoms with E-state index in [1.807, 2.05) is 30.3 Å². The van der Waals surface area contributed by atoms with E-state index in [1.54, 1.807) is 12.1 Å². The van der Waals surface area contributed by atoms with Crippen LogP contribution in [0.5, 0.6) is 11.5 Å². The molecule has 0 atom stereocenters. The number of amides is 2. The molecule has 0 spiro atoms. The number of ether oxygens (including phenoxy) is 2. The van der Waals surface area contributed by atoms with Crippen molar-refractivity contribution < 1.29 is 19.1 Å². The first-order chi connectivity index (χ1) is 11.6. The van der Waals surface area contributed by atoms with E-state index in [-0.39, 0.29) is 25.2 Å². The molecular formula is C17H15IN2O4. The molecular weight excluding hydrogens is 423 g/mol. The summed E-state index contributed by atoms with van der Waals surface area (Å²) in [6, 6.07) is 12.7. The molecule has 0 bridgehead atoms. The predicted molar refractivity (Wildman–Crippen MR) is 95.9 cm³/mol. The van der Waals surface area contributed by atoms with Gasteiger partial charge in [0.15, 0.2) is 11.5 Å². The second kappa shape index (κ2) is 7.52. The molecule has 0 fully saturated rings. The van der Waals surface area contributed by atoms with Gasteiger partial charge < -0.3 is 20.1 Å². The molecule has 2 aromatic carbocycles. The summed E-state index contributed by atoms with van der Waals surface area (Å²) in [5, 5.41) is 5.38. The molecule has 7 heteroatoms. The number of benzene rings is 2. The molecule has 124 valence electrons. The third-order valence-corrected chi connectivity index (χ3v) is 4.40. The van der Waals surface area contributed by atoms with Crippen molar-refractivity contribution >= 4 is 34.4 Å². The highest BCUT2D eigenvalue weighted by molar-refractivity contribution is 14.1. The molecule has 1 heterocycles. The lowest BCUT2D eigenvalue weighted by molar-refractivity contribution is -0.120. The van der Waals surface area contributed by atoms with Crippen molar-refractivity contribution in [3.8, 4) is 11.5 Å². The van der Waals surface area contributed by atoms with Gasteiger partial charge in [-0.2, -0.15) is 0 Å². The molecule has 0 saturated heterocycles. The highest BCUT2D eigenvalue weighted by atomic mass is 127. The summed E-state index contributed by atoms with van der Waals surface area (Å²) in [6.07, 6.45) is 0. The summed E-state index contributed by atoms with van der Waals surface area (Å²) >= 11 is 2.09. The van der Waals surface area contributed by atoms with Gasteiger partial charge >= 0.3 is 0 Å². The lowest BCUT2D eigenvalue weighted by Gasteiger charge is -2.08. The van der Waals surface area contributed by atoms with Crippen LogP contribution in [0.4, 0.5) is 0 Å². The minimum Gasteiger partial charge on any atom is -0.454 e. The topological polar surface area (TPSA) is 76.7 Å². The van der Waals surface area contributed by atoms with Crippen LogP contribution < -0.4 is 20.1 Å². The van der Waals surface area contributed by atoms with Gasteiger partial charge in [0.2, 0.25) is 12.7 Å². The first kappa shape index (κ1) is 16.6. The van der Waals surface area contributed by atoms with E-state index >= 15 is 0 Å². The number of hydrogen-bond donors (Lipinski definition) is 2. The van der Waals surface area contributed by atoms with Crippen LogP contribution in [0, 0.1) is 3.57 Å². The second-order valence-corrected chi connectivity index (χ2v) is 6.29. The Bertz CT molecular complexity index is 779. The summed E-state index contributed by atoms with van der Waals surface area (Å²) in [4.78, 5) is 23.9. The fourth-order valence-corrected chi connectivity index (χ4v) is 2.85. The van der Waals surface area contributed by atoms with Crippen LogP contribution in [0.3, 0.4) is 0 Å². The Balaban J connectivity index is 1.48. The van der Waals surface area contributed by atoms with Gasteiger partial charge in [-0.25, -0.2) is 0 Å². The lowest BCUT2D eigenvalue weighted by Crippen LogP contribution is -2.36. The van der Waals surface area contributed by atoms with Gasteiger partial charge in [0.25, 0.3) is 5.91 Å². The Hall–Kier alpha value is -2.29. The summed E-state index contributed by atoms with van der Waals surface area (Å²) < 4.78 is 11.4. The van der Waals surface area contributed by atoms with Crippen molar-refractivity contribution in [2.75, 3.05) is 13.3 Å². The number of carbonyl (C=O) groups is 2. The van der Waals surface area contributed by atoms with Gasteiger partial charge in [0.1, 0.15) is 0 Å². The number of hydrogen-bond acceptors (Lipinski definition) is 4. The molecule has 0 radical (unpaired) electrons. The molecule has 2 amide bonds. The third kappa shape index (κ3) is 3.97. The van der Waals surface area contributed by atoms with Gasteiger partial charge in [-0.15, -0.1) is 0 Å². The van der Waals surface area contributed by atoms with Crippen molar-refractivity contribution in [1.29, 1.82) is 0 Å². The fraction of sp³-hybridized carbons (Fsp3) is 0.176. The van der Waals surface area contributed by atoms with E-state index in [1.165, 1.54) is 0 Å². The van der Waals surface area contributed by atoms with Gasteiger partial charge in [-0.3, -0.25) is 9.59 Å². The average molecular weight is 438 g/mol. The molecule has 0 aromatic heterocycles. The molecule has 0 saturated carbocycles. The minimum absolute atomic E-state index is 0.0750. The summed E-state index contributed by atoms with van der Waals surface area (Å²) in [5.74, 6) is 0.855. The molecule has 2 N–H and O–H groups in total. The molecule has 6 nitrogen and oxygen atoms in total. The summed E-state index contributed by atoms with van der Waals surface area (Å²) in [5.41, 5.74) is 1.46. The van der Waals surface area contributed by atoms with Crippen LogP contribution in [-0.2, 0) is 11.3 Å². The smallest absolute Gasteiger partial charge is 0.252 e. The Morgan fingerprint density at radius 2 is 1.83 bits per heavy atom. The van der Waals surface area contributed by atoms with Crippen LogP contribution in [0.15, 0.2) is 42.5 Å². The van der Waals surface area contributed by atoms with Crippen LogP contribution in [0.2, 0.25) is 0 Å². The summed E-state index contributed by atoms with van der Waals surface area (Å²) in [6.45, 7) is 0.498. The van der Waals surface area contributed by atoms with Crippen molar-refractivity contribution in [3.63, 3.8) is 0 Å². The second-order valence-electron chi connectivity index (χ2n) is 5.13. The van der Waals surface area contributed by atoms with Gasteiger partial charge in [0, 0.05) is 10.1 Å². The largest absolute Gasteiger partial charge is 0.454 e. The molecule has 0 unspecified atom stereocenters. The fourth-order valence-electron chi connectivity index (χ4n) is 2.22. The number of rotatable bonds is 5.